The van der Waals surface area contributed by atoms with Crippen molar-refractivity contribution in [3.63, 3.8) is 0 Å². The zero-order chi connectivity index (χ0) is 23.8. The maximum atomic E-state index is 13.4. The van der Waals surface area contributed by atoms with E-state index in [1.54, 1.807) is 0 Å². The lowest BCUT2D eigenvalue weighted by Crippen LogP contribution is -2.45. The summed E-state index contributed by atoms with van der Waals surface area (Å²) in [6, 6.07) is 7.08. The van der Waals surface area contributed by atoms with Crippen molar-refractivity contribution in [2.24, 2.45) is 0 Å². The normalized spacial score (nSPS) is 19.3. The van der Waals surface area contributed by atoms with E-state index < -0.39 is 10.0 Å². The van der Waals surface area contributed by atoms with Crippen LogP contribution >= 0.6 is 11.6 Å². The number of nitrogens with zero attached hydrogens (tertiary/aromatic N) is 2. The minimum Gasteiger partial charge on any atom is -0.495 e. The molecule has 1 heterocycles. The highest BCUT2D eigenvalue weighted by atomic mass is 35.5. The average Bonchev–Trinajstić information content (AvgIpc) is 2.79. The molecular weight excluding hydrogens is 462 g/mol. The summed E-state index contributed by atoms with van der Waals surface area (Å²) in [4.78, 5) is 4.80. The fourth-order valence-electron chi connectivity index (χ4n) is 4.81. The summed E-state index contributed by atoms with van der Waals surface area (Å²) in [5.41, 5.74) is 5.12. The molecule has 0 spiro atoms. The SMILES string of the molecule is COc1cc(S(=O)(=O)N[C@@H]2CCc3c(C)ccc(N4CCN(C)CC4)c3C2)c(OC)cc1Cl. The lowest BCUT2D eigenvalue weighted by Gasteiger charge is -2.37. The van der Waals surface area contributed by atoms with Crippen molar-refractivity contribution >= 4 is 27.3 Å². The molecule has 0 radical (unpaired) electrons. The lowest BCUT2D eigenvalue weighted by molar-refractivity contribution is 0.312. The van der Waals surface area contributed by atoms with Crippen LogP contribution in [0.25, 0.3) is 0 Å². The Hall–Kier alpha value is -2.00. The Morgan fingerprint density at radius 3 is 2.39 bits per heavy atom. The van der Waals surface area contributed by atoms with E-state index in [4.69, 9.17) is 21.1 Å². The van der Waals surface area contributed by atoms with Crippen molar-refractivity contribution in [2.75, 3.05) is 52.3 Å². The van der Waals surface area contributed by atoms with Gasteiger partial charge in [0.1, 0.15) is 16.4 Å². The van der Waals surface area contributed by atoms with Crippen molar-refractivity contribution in [3.05, 3.63) is 46.0 Å². The van der Waals surface area contributed by atoms with Crippen LogP contribution < -0.4 is 19.1 Å². The highest BCUT2D eigenvalue weighted by Gasteiger charge is 2.30. The molecule has 2 aromatic rings. The van der Waals surface area contributed by atoms with Crippen LogP contribution in [0.2, 0.25) is 5.02 Å². The quantitative estimate of drug-likeness (QED) is 0.666. The Kier molecular flexibility index (Phi) is 7.09. The highest BCUT2D eigenvalue weighted by Crippen LogP contribution is 2.37. The van der Waals surface area contributed by atoms with Gasteiger partial charge in [-0.05, 0) is 56.0 Å². The molecule has 0 aromatic heterocycles. The van der Waals surface area contributed by atoms with Gasteiger partial charge >= 0.3 is 0 Å². The first-order chi connectivity index (χ1) is 15.7. The molecule has 0 bridgehead atoms. The summed E-state index contributed by atoms with van der Waals surface area (Å²) in [6.07, 6.45) is 2.24. The topological polar surface area (TPSA) is 71.1 Å². The molecule has 33 heavy (non-hydrogen) atoms. The molecule has 4 rings (SSSR count). The van der Waals surface area contributed by atoms with E-state index in [2.05, 4.69) is 40.6 Å². The molecule has 1 N–H and O–H groups in total. The number of hydrogen-bond donors (Lipinski definition) is 1. The van der Waals surface area contributed by atoms with Crippen LogP contribution in [0.4, 0.5) is 5.69 Å². The zero-order valence-corrected chi connectivity index (χ0v) is 21.2. The van der Waals surface area contributed by atoms with Gasteiger partial charge in [-0.1, -0.05) is 17.7 Å². The minimum absolute atomic E-state index is 0.0283. The van der Waals surface area contributed by atoms with E-state index in [0.29, 0.717) is 17.2 Å². The minimum atomic E-state index is -3.84. The maximum absolute atomic E-state index is 13.4. The van der Waals surface area contributed by atoms with Gasteiger partial charge in [0, 0.05) is 50.0 Å². The number of rotatable bonds is 6. The lowest BCUT2D eigenvalue weighted by atomic mass is 9.84. The summed E-state index contributed by atoms with van der Waals surface area (Å²) >= 11 is 6.17. The number of piperazine rings is 1. The zero-order valence-electron chi connectivity index (χ0n) is 19.7. The van der Waals surface area contributed by atoms with Gasteiger partial charge in [0.05, 0.1) is 19.2 Å². The Morgan fingerprint density at radius 2 is 1.73 bits per heavy atom. The van der Waals surface area contributed by atoms with Gasteiger partial charge in [-0.25, -0.2) is 13.1 Å². The van der Waals surface area contributed by atoms with E-state index in [1.165, 1.54) is 48.7 Å². The number of hydrogen-bond acceptors (Lipinski definition) is 6. The number of likely N-dealkylation sites (N-methyl/N-ethyl adjacent to an activating group) is 1. The molecule has 7 nitrogen and oxygen atoms in total. The summed E-state index contributed by atoms with van der Waals surface area (Å²) in [5, 5.41) is 0.298. The second-order valence-electron chi connectivity index (χ2n) is 8.85. The number of sulfonamides is 1. The Labute approximate surface area is 201 Å². The first kappa shape index (κ1) is 24.1. The van der Waals surface area contributed by atoms with Gasteiger partial charge in [0.2, 0.25) is 10.0 Å². The number of benzene rings is 2. The molecule has 1 atom stereocenters. The predicted octanol–water partition coefficient (Wildman–Crippen LogP) is 3.25. The largest absolute Gasteiger partial charge is 0.495 e. The molecule has 1 aliphatic heterocycles. The van der Waals surface area contributed by atoms with Gasteiger partial charge in [-0.2, -0.15) is 0 Å². The number of halogens is 1. The van der Waals surface area contributed by atoms with Crippen LogP contribution in [-0.4, -0.2) is 66.8 Å². The molecule has 2 aliphatic rings. The number of methoxy groups -OCH3 is 2. The third-order valence-corrected chi connectivity index (χ3v) is 8.56. The van der Waals surface area contributed by atoms with E-state index in [1.807, 2.05) is 0 Å². The molecule has 0 saturated carbocycles. The Morgan fingerprint density at radius 1 is 1.03 bits per heavy atom. The van der Waals surface area contributed by atoms with Gasteiger partial charge in [-0.3, -0.25) is 0 Å². The van der Waals surface area contributed by atoms with Crippen molar-refractivity contribution in [1.82, 2.24) is 9.62 Å². The van der Waals surface area contributed by atoms with Crippen LogP contribution in [0.1, 0.15) is 23.1 Å². The van der Waals surface area contributed by atoms with Crippen LogP contribution in [-0.2, 0) is 22.9 Å². The van der Waals surface area contributed by atoms with Gasteiger partial charge in [0.15, 0.2) is 0 Å². The fourth-order valence-corrected chi connectivity index (χ4v) is 6.48. The van der Waals surface area contributed by atoms with Crippen LogP contribution in [0.5, 0.6) is 11.5 Å². The smallest absolute Gasteiger partial charge is 0.244 e. The van der Waals surface area contributed by atoms with Crippen LogP contribution in [0.3, 0.4) is 0 Å². The predicted molar refractivity (Wildman–Crippen MR) is 132 cm³/mol. The molecule has 1 aliphatic carbocycles. The Bertz CT molecular complexity index is 1130. The summed E-state index contributed by atoms with van der Waals surface area (Å²) in [5.74, 6) is 0.485. The number of aryl methyl sites for hydroxylation is 1. The van der Waals surface area contributed by atoms with Crippen LogP contribution in [0, 0.1) is 6.92 Å². The molecule has 180 valence electrons. The fraction of sp³-hybridized carbons (Fsp3) is 0.500. The standard InChI is InChI=1S/C24H32ClN3O4S/c1-16-5-8-21(28-11-9-27(2)10-12-28)19-13-17(6-7-18(16)19)26-33(29,30)24-15-22(31-3)20(25)14-23(24)32-4/h5,8,14-15,17,26H,6-7,9-13H2,1-4H3/t17-/m1/s1. The summed E-state index contributed by atoms with van der Waals surface area (Å²) in [6.45, 7) is 6.14. The van der Waals surface area contributed by atoms with Crippen molar-refractivity contribution in [3.8, 4) is 11.5 Å². The highest BCUT2D eigenvalue weighted by molar-refractivity contribution is 7.89. The molecule has 0 unspecified atom stereocenters. The summed E-state index contributed by atoms with van der Waals surface area (Å²) in [7, 11) is 1.19. The van der Waals surface area contributed by atoms with Crippen molar-refractivity contribution in [2.45, 2.75) is 37.1 Å². The van der Waals surface area contributed by atoms with Crippen molar-refractivity contribution in [1.29, 1.82) is 0 Å². The molecular formula is C24H32ClN3O4S. The molecule has 9 heteroatoms. The molecule has 1 fully saturated rings. The second-order valence-corrected chi connectivity index (χ2v) is 10.9. The van der Waals surface area contributed by atoms with E-state index in [-0.39, 0.29) is 16.7 Å². The third kappa shape index (κ3) is 4.94. The van der Waals surface area contributed by atoms with Gasteiger partial charge in [0.25, 0.3) is 0 Å². The van der Waals surface area contributed by atoms with E-state index in [9.17, 15) is 8.42 Å². The number of anilines is 1. The second kappa shape index (κ2) is 9.70. The average molecular weight is 494 g/mol. The van der Waals surface area contributed by atoms with Crippen LogP contribution in [0.15, 0.2) is 29.2 Å². The molecule has 0 amide bonds. The van der Waals surface area contributed by atoms with Gasteiger partial charge in [-0.15, -0.1) is 0 Å². The number of fused-ring (bicyclic) bond motifs is 1. The van der Waals surface area contributed by atoms with E-state index >= 15 is 0 Å². The first-order valence-electron chi connectivity index (χ1n) is 11.2. The molecule has 1 saturated heterocycles. The monoisotopic (exact) mass is 493 g/mol. The Balaban J connectivity index is 1.61. The maximum Gasteiger partial charge on any atom is 0.244 e. The third-order valence-electron chi connectivity index (χ3n) is 6.73. The van der Waals surface area contributed by atoms with Crippen molar-refractivity contribution < 1.29 is 17.9 Å². The van der Waals surface area contributed by atoms with Gasteiger partial charge < -0.3 is 19.3 Å². The van der Waals surface area contributed by atoms with E-state index in [0.717, 1.165) is 39.0 Å². The molecule has 2 aromatic carbocycles. The first-order valence-corrected chi connectivity index (χ1v) is 13.1. The number of nitrogens with one attached hydrogen (secondary N) is 1. The number of ether oxygens (including phenoxy) is 2. The summed E-state index contributed by atoms with van der Waals surface area (Å²) < 4.78 is 40.2.